The second-order valence-electron chi connectivity index (χ2n) is 8.59. The first-order valence-corrected chi connectivity index (χ1v) is 11.8. The predicted molar refractivity (Wildman–Crippen MR) is 132 cm³/mol. The van der Waals surface area contributed by atoms with Crippen molar-refractivity contribution < 1.29 is 14.3 Å². The molecule has 4 aromatic rings. The number of likely N-dealkylation sites (tertiary alicyclic amines) is 1. The Hall–Kier alpha value is -3.80. The van der Waals surface area contributed by atoms with Crippen molar-refractivity contribution in [2.45, 2.75) is 25.3 Å². The predicted octanol–water partition coefficient (Wildman–Crippen LogP) is 4.68. The first-order chi connectivity index (χ1) is 16.7. The number of para-hydroxylation sites is 4. The zero-order valence-corrected chi connectivity index (χ0v) is 19.4. The van der Waals surface area contributed by atoms with Gasteiger partial charge in [-0.1, -0.05) is 54.6 Å². The number of fused-ring (bicyclic) bond motifs is 1. The molecule has 6 heteroatoms. The van der Waals surface area contributed by atoms with Crippen molar-refractivity contribution in [3.8, 4) is 11.5 Å². The van der Waals surface area contributed by atoms with Crippen molar-refractivity contribution in [1.29, 1.82) is 0 Å². The van der Waals surface area contributed by atoms with Gasteiger partial charge in [-0.3, -0.25) is 4.79 Å². The third kappa shape index (κ3) is 4.62. The van der Waals surface area contributed by atoms with Crippen LogP contribution in [0.15, 0.2) is 78.9 Å². The molecule has 0 bridgehead atoms. The number of carbonyl (C=O) groups excluding carboxylic acids is 1. The van der Waals surface area contributed by atoms with Crippen molar-refractivity contribution in [2.75, 3.05) is 26.8 Å². The van der Waals surface area contributed by atoms with E-state index in [4.69, 9.17) is 14.5 Å². The molecule has 6 nitrogen and oxygen atoms in total. The van der Waals surface area contributed by atoms with Crippen LogP contribution in [-0.4, -0.2) is 47.2 Å². The van der Waals surface area contributed by atoms with E-state index in [-0.39, 0.29) is 11.8 Å². The fourth-order valence-electron chi connectivity index (χ4n) is 4.70. The fourth-order valence-corrected chi connectivity index (χ4v) is 4.70. The highest BCUT2D eigenvalue weighted by Gasteiger charge is 2.33. The second-order valence-corrected chi connectivity index (χ2v) is 8.59. The third-order valence-electron chi connectivity index (χ3n) is 6.42. The molecule has 174 valence electrons. The topological polar surface area (TPSA) is 56.6 Å². The summed E-state index contributed by atoms with van der Waals surface area (Å²) >= 11 is 0. The van der Waals surface area contributed by atoms with Crippen molar-refractivity contribution in [3.05, 3.63) is 90.3 Å². The van der Waals surface area contributed by atoms with Crippen LogP contribution in [0.25, 0.3) is 11.0 Å². The zero-order valence-electron chi connectivity index (χ0n) is 19.4. The Bertz CT molecular complexity index is 1270. The molecule has 1 saturated heterocycles. The van der Waals surface area contributed by atoms with Crippen LogP contribution in [-0.2, 0) is 17.8 Å². The number of benzene rings is 3. The molecule has 1 atom stereocenters. The largest absolute Gasteiger partial charge is 0.493 e. The van der Waals surface area contributed by atoms with Gasteiger partial charge in [0.2, 0.25) is 5.91 Å². The Kier molecular flexibility index (Phi) is 6.47. The number of aromatic nitrogens is 2. The molecule has 34 heavy (non-hydrogen) atoms. The van der Waals surface area contributed by atoms with E-state index in [1.807, 2.05) is 65.6 Å². The first kappa shape index (κ1) is 22.0. The molecule has 1 aromatic heterocycles. The Morgan fingerprint density at radius 3 is 2.47 bits per heavy atom. The molecule has 2 heterocycles. The molecule has 0 unspecified atom stereocenters. The monoisotopic (exact) mass is 455 g/mol. The van der Waals surface area contributed by atoms with E-state index in [1.54, 1.807) is 7.11 Å². The van der Waals surface area contributed by atoms with Gasteiger partial charge >= 0.3 is 0 Å². The van der Waals surface area contributed by atoms with Crippen LogP contribution in [0.3, 0.4) is 0 Å². The van der Waals surface area contributed by atoms with Gasteiger partial charge in [0.25, 0.3) is 0 Å². The third-order valence-corrected chi connectivity index (χ3v) is 6.42. The number of hydrogen-bond donors (Lipinski definition) is 0. The highest BCUT2D eigenvalue weighted by molar-refractivity contribution is 5.81. The maximum Gasteiger partial charge on any atom is 0.223 e. The van der Waals surface area contributed by atoms with Gasteiger partial charge in [0, 0.05) is 25.4 Å². The van der Waals surface area contributed by atoms with Gasteiger partial charge in [0.05, 0.1) is 24.7 Å². The summed E-state index contributed by atoms with van der Waals surface area (Å²) in [6.07, 6.45) is 1.36. The minimum atomic E-state index is 0.0712. The van der Waals surface area contributed by atoms with Crippen molar-refractivity contribution in [3.63, 3.8) is 0 Å². The van der Waals surface area contributed by atoms with Gasteiger partial charge in [-0.25, -0.2) is 4.98 Å². The number of rotatable bonds is 9. The van der Waals surface area contributed by atoms with Gasteiger partial charge in [0.15, 0.2) is 11.5 Å². The van der Waals surface area contributed by atoms with Crippen LogP contribution in [0.1, 0.15) is 23.7 Å². The summed E-state index contributed by atoms with van der Waals surface area (Å²) in [6.45, 7) is 2.55. The maximum atomic E-state index is 12.8. The summed E-state index contributed by atoms with van der Waals surface area (Å²) in [5, 5.41) is 0. The molecule has 3 aromatic carbocycles. The molecule has 1 fully saturated rings. The molecule has 1 amide bonds. The minimum absolute atomic E-state index is 0.0712. The van der Waals surface area contributed by atoms with E-state index in [9.17, 15) is 4.79 Å². The first-order valence-electron chi connectivity index (χ1n) is 11.8. The van der Waals surface area contributed by atoms with Crippen LogP contribution in [0, 0.1) is 0 Å². The number of carbonyl (C=O) groups is 1. The summed E-state index contributed by atoms with van der Waals surface area (Å²) in [6, 6.07) is 26.1. The lowest BCUT2D eigenvalue weighted by Gasteiger charge is -2.18. The van der Waals surface area contributed by atoms with E-state index in [2.05, 4.69) is 22.8 Å². The summed E-state index contributed by atoms with van der Waals surface area (Å²) in [5.74, 6) is 2.67. The lowest BCUT2D eigenvalue weighted by Crippen LogP contribution is -2.27. The Morgan fingerprint density at radius 1 is 0.912 bits per heavy atom. The van der Waals surface area contributed by atoms with Gasteiger partial charge in [0.1, 0.15) is 12.4 Å². The number of hydrogen-bond acceptors (Lipinski definition) is 4. The lowest BCUT2D eigenvalue weighted by atomic mass is 10.1. The van der Waals surface area contributed by atoms with E-state index in [1.165, 1.54) is 5.56 Å². The van der Waals surface area contributed by atoms with Crippen LogP contribution < -0.4 is 9.47 Å². The van der Waals surface area contributed by atoms with Gasteiger partial charge < -0.3 is 18.9 Å². The second kappa shape index (κ2) is 10.00. The molecule has 0 spiro atoms. The van der Waals surface area contributed by atoms with Crippen LogP contribution in [0.4, 0.5) is 0 Å². The smallest absolute Gasteiger partial charge is 0.223 e. The van der Waals surface area contributed by atoms with Crippen LogP contribution in [0.2, 0.25) is 0 Å². The van der Waals surface area contributed by atoms with Crippen LogP contribution >= 0.6 is 0 Å². The molecular weight excluding hydrogens is 426 g/mol. The van der Waals surface area contributed by atoms with E-state index < -0.39 is 0 Å². The molecular formula is C28H29N3O3. The molecule has 0 N–H and O–H groups in total. The summed E-state index contributed by atoms with van der Waals surface area (Å²) in [4.78, 5) is 19.7. The summed E-state index contributed by atoms with van der Waals surface area (Å²) in [7, 11) is 1.64. The normalized spacial score (nSPS) is 15.7. The number of amides is 1. The maximum absolute atomic E-state index is 12.8. The number of ether oxygens (including phenoxy) is 2. The molecule has 5 rings (SSSR count). The molecule has 0 radical (unpaired) electrons. The zero-order chi connectivity index (χ0) is 23.3. The fraction of sp³-hybridized carbons (Fsp3) is 0.286. The average molecular weight is 456 g/mol. The highest BCUT2D eigenvalue weighted by atomic mass is 16.5. The SMILES string of the molecule is COc1ccccc1OCCn1c([C@@H]2CC(=O)N(CCc3ccccc3)C2)nc2ccccc21. The number of nitrogens with zero attached hydrogens (tertiary/aromatic N) is 3. The van der Waals surface area contributed by atoms with E-state index in [0.29, 0.717) is 31.9 Å². The quantitative estimate of drug-likeness (QED) is 0.368. The highest BCUT2D eigenvalue weighted by Crippen LogP contribution is 2.31. The van der Waals surface area contributed by atoms with Crippen molar-refractivity contribution >= 4 is 16.9 Å². The Labute approximate surface area is 199 Å². The van der Waals surface area contributed by atoms with E-state index in [0.717, 1.165) is 35.6 Å². The van der Waals surface area contributed by atoms with Crippen molar-refractivity contribution in [2.24, 2.45) is 0 Å². The number of methoxy groups -OCH3 is 1. The van der Waals surface area contributed by atoms with Crippen LogP contribution in [0.5, 0.6) is 11.5 Å². The molecule has 0 saturated carbocycles. The van der Waals surface area contributed by atoms with E-state index >= 15 is 0 Å². The molecule has 1 aliphatic rings. The number of imidazole rings is 1. The van der Waals surface area contributed by atoms with Gasteiger partial charge in [-0.05, 0) is 36.2 Å². The standard InChI is InChI=1S/C28H29N3O3/c1-33-25-13-7-8-14-26(25)34-18-17-31-24-12-6-5-11-23(24)29-28(31)22-19-27(32)30(20-22)16-15-21-9-3-2-4-10-21/h2-14,22H,15-20H2,1H3/t22-/m1/s1. The molecule has 0 aliphatic carbocycles. The van der Waals surface area contributed by atoms with Gasteiger partial charge in [-0.15, -0.1) is 0 Å². The van der Waals surface area contributed by atoms with Crippen molar-refractivity contribution in [1.82, 2.24) is 14.5 Å². The summed E-state index contributed by atoms with van der Waals surface area (Å²) in [5.41, 5.74) is 3.26. The Morgan fingerprint density at radius 2 is 1.65 bits per heavy atom. The molecule has 1 aliphatic heterocycles. The van der Waals surface area contributed by atoms with Gasteiger partial charge in [-0.2, -0.15) is 0 Å². The minimum Gasteiger partial charge on any atom is -0.493 e. The lowest BCUT2D eigenvalue weighted by molar-refractivity contribution is -0.127. The Balaban J connectivity index is 1.32. The summed E-state index contributed by atoms with van der Waals surface area (Å²) < 4.78 is 13.7. The average Bonchev–Trinajstić information content (AvgIpc) is 3.44.